The van der Waals surface area contributed by atoms with Gasteiger partial charge in [-0.15, -0.1) is 0 Å². The molecule has 1 amide bonds. The van der Waals surface area contributed by atoms with Gasteiger partial charge in [-0.1, -0.05) is 17.1 Å². The summed E-state index contributed by atoms with van der Waals surface area (Å²) in [6.45, 7) is 1.04. The first-order valence-corrected chi connectivity index (χ1v) is 6.36. The molecule has 20 heavy (non-hydrogen) atoms. The van der Waals surface area contributed by atoms with E-state index >= 15 is 0 Å². The first-order chi connectivity index (χ1) is 9.31. The molecule has 0 aliphatic carbocycles. The summed E-state index contributed by atoms with van der Waals surface area (Å²) in [4.78, 5) is 36.4. The highest BCUT2D eigenvalue weighted by Crippen LogP contribution is 2.21. The van der Waals surface area contributed by atoms with Gasteiger partial charge in [-0.2, -0.15) is 5.48 Å². The van der Waals surface area contributed by atoms with Crippen LogP contribution in [-0.2, 0) is 26.5 Å². The average Bonchev–Trinajstić information content (AvgIpc) is 2.35. The van der Waals surface area contributed by atoms with Gasteiger partial charge in [0, 0.05) is 18.7 Å². The number of amides is 1. The first-order valence-electron chi connectivity index (χ1n) is 5.12. The number of carbonyl (C=O) groups excluding carboxylic acids is 2. The van der Waals surface area contributed by atoms with E-state index in [2.05, 4.69) is 4.84 Å². The molecule has 0 aromatic heterocycles. The fourth-order valence-corrected chi connectivity index (χ4v) is 1.77. The van der Waals surface area contributed by atoms with Crippen molar-refractivity contribution in [2.75, 3.05) is 0 Å². The van der Waals surface area contributed by atoms with E-state index in [9.17, 15) is 28.5 Å². The molecule has 0 heterocycles. The van der Waals surface area contributed by atoms with Gasteiger partial charge in [0.15, 0.2) is 0 Å². The minimum Gasteiger partial charge on any atom is -0.772 e. The van der Waals surface area contributed by atoms with Crippen LogP contribution in [0.3, 0.4) is 0 Å². The number of hydrogen-bond acceptors (Lipinski definition) is 7. The van der Waals surface area contributed by atoms with Crippen molar-refractivity contribution in [1.29, 1.82) is 0 Å². The van der Waals surface area contributed by atoms with E-state index in [1.807, 2.05) is 0 Å². The van der Waals surface area contributed by atoms with Gasteiger partial charge in [0.25, 0.3) is 11.6 Å². The Morgan fingerprint density at radius 1 is 1.45 bits per heavy atom. The number of nitro groups is 1. The molecule has 0 bridgehead atoms. The number of nitrogens with one attached hydrogen (secondary N) is 1. The summed E-state index contributed by atoms with van der Waals surface area (Å²) in [5.41, 5.74) is 0.965. The Balaban J connectivity index is 3.06. The largest absolute Gasteiger partial charge is 0.772 e. The smallest absolute Gasteiger partial charge is 0.329 e. The van der Waals surface area contributed by atoms with Crippen LogP contribution in [0.2, 0.25) is 0 Å². The van der Waals surface area contributed by atoms with Gasteiger partial charge in [-0.05, 0) is 11.6 Å². The number of nitro benzene ring substituents is 1. The predicted molar refractivity (Wildman–Crippen MR) is 65.0 cm³/mol. The molecule has 0 spiro atoms. The van der Waals surface area contributed by atoms with Crippen LogP contribution in [0, 0.1) is 10.1 Å². The van der Waals surface area contributed by atoms with Crippen molar-refractivity contribution >= 4 is 28.6 Å². The molecule has 10 heteroatoms. The van der Waals surface area contributed by atoms with Crippen LogP contribution in [-0.4, -0.2) is 25.6 Å². The van der Waals surface area contributed by atoms with E-state index < -0.39 is 39.3 Å². The molecule has 1 rings (SSSR count). The Morgan fingerprint density at radius 2 is 2.10 bits per heavy atom. The zero-order chi connectivity index (χ0) is 15.3. The molecule has 0 saturated carbocycles. The van der Waals surface area contributed by atoms with Crippen molar-refractivity contribution in [1.82, 2.24) is 5.48 Å². The summed E-state index contributed by atoms with van der Waals surface area (Å²) in [7, 11) is 0. The molecule has 9 nitrogen and oxygen atoms in total. The molecule has 0 fully saturated rings. The molecule has 108 valence electrons. The van der Waals surface area contributed by atoms with E-state index in [0.717, 1.165) is 19.1 Å². The van der Waals surface area contributed by atoms with Crippen LogP contribution < -0.4 is 5.48 Å². The maximum absolute atomic E-state index is 11.6. The van der Waals surface area contributed by atoms with Crippen LogP contribution in [0.15, 0.2) is 18.2 Å². The third-order valence-electron chi connectivity index (χ3n) is 2.08. The first kappa shape index (κ1) is 15.7. The number of hydroxylamine groups is 1. The van der Waals surface area contributed by atoms with Crippen molar-refractivity contribution in [3.05, 3.63) is 39.4 Å². The predicted octanol–water partition coefficient (Wildman–Crippen LogP) is 0.182. The monoisotopic (exact) mass is 301 g/mol. The lowest BCUT2D eigenvalue weighted by atomic mass is 10.1. The normalized spacial score (nSPS) is 11.5. The van der Waals surface area contributed by atoms with Crippen molar-refractivity contribution in [2.24, 2.45) is 0 Å². The van der Waals surface area contributed by atoms with Gasteiger partial charge in [-0.3, -0.25) is 23.9 Å². The van der Waals surface area contributed by atoms with Gasteiger partial charge in [0.1, 0.15) is 5.56 Å². The zero-order valence-electron chi connectivity index (χ0n) is 10.2. The zero-order valence-corrected chi connectivity index (χ0v) is 11.0. The Morgan fingerprint density at radius 3 is 2.60 bits per heavy atom. The average molecular weight is 301 g/mol. The summed E-state index contributed by atoms with van der Waals surface area (Å²) in [5.74, 6) is -2.19. The summed E-state index contributed by atoms with van der Waals surface area (Å²) in [6.07, 6.45) is 0. The number of benzene rings is 1. The Kier molecular flexibility index (Phi) is 5.29. The molecule has 0 saturated heterocycles. The molecular weight excluding hydrogens is 292 g/mol. The van der Waals surface area contributed by atoms with Gasteiger partial charge >= 0.3 is 5.97 Å². The van der Waals surface area contributed by atoms with E-state index in [4.69, 9.17) is 0 Å². The van der Waals surface area contributed by atoms with Crippen molar-refractivity contribution in [3.8, 4) is 0 Å². The maximum Gasteiger partial charge on any atom is 0.329 e. The summed E-state index contributed by atoms with van der Waals surface area (Å²) in [5, 5.41) is 10.9. The van der Waals surface area contributed by atoms with Crippen LogP contribution in [0.1, 0.15) is 22.8 Å². The maximum atomic E-state index is 11.6. The molecule has 1 aromatic rings. The second kappa shape index (κ2) is 6.73. The van der Waals surface area contributed by atoms with E-state index in [0.29, 0.717) is 0 Å². The summed E-state index contributed by atoms with van der Waals surface area (Å²) < 4.78 is 21.1. The number of carbonyl (C=O) groups is 2. The molecule has 0 aliphatic heterocycles. The molecule has 1 aromatic carbocycles. The van der Waals surface area contributed by atoms with Crippen LogP contribution in [0.25, 0.3) is 0 Å². The van der Waals surface area contributed by atoms with Crippen LogP contribution in [0.4, 0.5) is 5.69 Å². The molecule has 1 unspecified atom stereocenters. The second-order valence-corrected chi connectivity index (χ2v) is 4.48. The summed E-state index contributed by atoms with van der Waals surface area (Å²) in [6, 6.07) is 3.31. The van der Waals surface area contributed by atoms with Gasteiger partial charge in [0.2, 0.25) is 0 Å². The minimum atomic E-state index is -2.41. The van der Waals surface area contributed by atoms with E-state index in [1.54, 1.807) is 5.48 Å². The Hall–Kier alpha value is -2.33. The topological polar surface area (TPSA) is 139 Å². The highest BCUT2D eigenvalue weighted by atomic mass is 32.2. The van der Waals surface area contributed by atoms with E-state index in [-0.39, 0.29) is 11.1 Å². The Labute approximate surface area is 115 Å². The lowest BCUT2D eigenvalue weighted by Crippen LogP contribution is -2.26. The third kappa shape index (κ3) is 4.40. The molecule has 1 N–H and O–H groups in total. The molecular formula is C10H9N2O7S-. The lowest BCUT2D eigenvalue weighted by Gasteiger charge is -2.08. The highest BCUT2D eigenvalue weighted by molar-refractivity contribution is 7.78. The van der Waals surface area contributed by atoms with Crippen LogP contribution in [0.5, 0.6) is 0 Å². The van der Waals surface area contributed by atoms with Crippen LogP contribution >= 0.6 is 0 Å². The molecule has 0 radical (unpaired) electrons. The number of rotatable bonds is 4. The SMILES string of the molecule is CC(=O)ONC(=O)c1ccc(CS(=O)[O-])cc1[N+](=O)[O-]. The fourth-order valence-electron chi connectivity index (χ4n) is 1.32. The second-order valence-electron chi connectivity index (χ2n) is 3.58. The van der Waals surface area contributed by atoms with E-state index in [1.165, 1.54) is 6.07 Å². The highest BCUT2D eigenvalue weighted by Gasteiger charge is 2.21. The molecule has 1 atom stereocenters. The van der Waals surface area contributed by atoms with Gasteiger partial charge < -0.3 is 9.39 Å². The third-order valence-corrected chi connectivity index (χ3v) is 2.64. The lowest BCUT2D eigenvalue weighted by molar-refractivity contribution is -0.385. The molecule has 0 aliphatic rings. The van der Waals surface area contributed by atoms with Crippen molar-refractivity contribution in [2.45, 2.75) is 12.7 Å². The number of hydrogen-bond donors (Lipinski definition) is 1. The minimum absolute atomic E-state index is 0.161. The van der Waals surface area contributed by atoms with Gasteiger partial charge in [-0.25, -0.2) is 0 Å². The van der Waals surface area contributed by atoms with Crippen molar-refractivity contribution in [3.63, 3.8) is 0 Å². The summed E-state index contributed by atoms with van der Waals surface area (Å²) >= 11 is -2.41. The quantitative estimate of drug-likeness (QED) is 0.475. The van der Waals surface area contributed by atoms with Gasteiger partial charge in [0.05, 0.1) is 4.92 Å². The fraction of sp³-hybridized carbons (Fsp3) is 0.200. The number of nitrogens with zero attached hydrogens (tertiary/aromatic N) is 1. The Bertz CT molecular complexity index is 587. The van der Waals surface area contributed by atoms with Crippen molar-refractivity contribution < 1.29 is 28.1 Å². The standard InChI is InChI=1S/C10H10N2O7S/c1-6(13)19-11-10(14)8-3-2-7(5-20(17)18)4-9(8)12(15)16/h2-4H,5H2,1H3,(H,11,14)(H,17,18)/p-1.